The van der Waals surface area contributed by atoms with Crippen LogP contribution in [0.2, 0.25) is 18.1 Å². The van der Waals surface area contributed by atoms with Gasteiger partial charge in [-0.05, 0) is 82.3 Å². The van der Waals surface area contributed by atoms with Gasteiger partial charge in [0.05, 0.1) is 11.2 Å². The van der Waals surface area contributed by atoms with E-state index in [9.17, 15) is 0 Å². The summed E-state index contributed by atoms with van der Waals surface area (Å²) in [5, 5.41) is 0.240. The van der Waals surface area contributed by atoms with Crippen LogP contribution in [-0.4, -0.2) is 26.6 Å². The number of fused-ring (bicyclic) bond motifs is 6. The highest BCUT2D eigenvalue weighted by Crippen LogP contribution is 2.61. The summed E-state index contributed by atoms with van der Waals surface area (Å²) in [6, 6.07) is 0. The monoisotopic (exact) mass is 404 g/mol. The normalized spacial score (nSPS) is 38.3. The van der Waals surface area contributed by atoms with Gasteiger partial charge in [0.15, 0.2) is 8.32 Å². The highest BCUT2D eigenvalue weighted by Gasteiger charge is 2.58. The molecule has 28 heavy (non-hydrogen) atoms. The fourth-order valence-electron chi connectivity index (χ4n) is 5.68. The lowest BCUT2D eigenvalue weighted by Gasteiger charge is -2.60. The van der Waals surface area contributed by atoms with Gasteiger partial charge in [-0.3, -0.25) is 0 Å². The molecule has 0 spiro atoms. The van der Waals surface area contributed by atoms with Crippen LogP contribution in [0.5, 0.6) is 0 Å². The molecule has 4 bridgehead atoms. The van der Waals surface area contributed by atoms with E-state index in [0.29, 0.717) is 0 Å². The lowest BCUT2D eigenvalue weighted by atomic mass is 9.53. The first kappa shape index (κ1) is 22.3. The first-order valence-corrected chi connectivity index (χ1v) is 14.5. The van der Waals surface area contributed by atoms with Crippen LogP contribution in [0.3, 0.4) is 0 Å². The number of allylic oxidation sites excluding steroid dienone is 3. The maximum atomic E-state index is 7.43. The van der Waals surface area contributed by atoms with E-state index in [1.54, 1.807) is 5.57 Å². The summed E-state index contributed by atoms with van der Waals surface area (Å²) < 4.78 is 13.6. The third-order valence-electron chi connectivity index (χ3n) is 8.82. The summed E-state index contributed by atoms with van der Waals surface area (Å²) in [4.78, 5) is 0. The number of hydrogen-bond donors (Lipinski definition) is 0. The van der Waals surface area contributed by atoms with Crippen LogP contribution in [0.15, 0.2) is 23.8 Å². The minimum Gasteiger partial charge on any atom is -0.410 e. The Morgan fingerprint density at radius 2 is 1.61 bits per heavy atom. The summed E-state index contributed by atoms with van der Waals surface area (Å²) in [5.41, 5.74) is 1.80. The minimum absolute atomic E-state index is 0.0243. The molecule has 4 aliphatic carbocycles. The van der Waals surface area contributed by atoms with Gasteiger partial charge in [-0.1, -0.05) is 51.5 Å². The van der Waals surface area contributed by atoms with Gasteiger partial charge in [0.2, 0.25) is 0 Å². The Kier molecular flexibility index (Phi) is 6.14. The van der Waals surface area contributed by atoms with Crippen molar-refractivity contribution in [2.24, 2.45) is 5.41 Å². The van der Waals surface area contributed by atoms with Crippen molar-refractivity contribution in [1.82, 2.24) is 0 Å². The largest absolute Gasteiger partial charge is 0.410 e. The third-order valence-corrected chi connectivity index (χ3v) is 13.3. The molecule has 4 rings (SSSR count). The summed E-state index contributed by atoms with van der Waals surface area (Å²) >= 11 is 0. The van der Waals surface area contributed by atoms with E-state index in [1.807, 2.05) is 7.11 Å². The average Bonchev–Trinajstić information content (AvgIpc) is 2.60. The SMILES string of the molecule is COC12CCC/C=C/CCC3(O[Si](C)(C)C(C)(C)C)CCC=C(C1)C3(C)CC2. The molecule has 0 amide bonds. The molecule has 0 heterocycles. The molecule has 3 atom stereocenters. The summed E-state index contributed by atoms with van der Waals surface area (Å²) in [6.07, 6.45) is 19.1. The van der Waals surface area contributed by atoms with Crippen LogP contribution < -0.4 is 0 Å². The highest BCUT2D eigenvalue weighted by molar-refractivity contribution is 6.74. The quantitative estimate of drug-likeness (QED) is 0.357. The second-order valence-electron chi connectivity index (χ2n) is 11.4. The Morgan fingerprint density at radius 3 is 2.29 bits per heavy atom. The summed E-state index contributed by atoms with van der Waals surface area (Å²) in [6.45, 7) is 14.5. The van der Waals surface area contributed by atoms with Crippen molar-refractivity contribution in [1.29, 1.82) is 0 Å². The first-order chi connectivity index (χ1) is 13.0. The minimum atomic E-state index is -1.87. The Balaban J connectivity index is 2.05. The zero-order valence-corrected chi connectivity index (χ0v) is 20.6. The number of methoxy groups -OCH3 is 1. The van der Waals surface area contributed by atoms with Crippen molar-refractivity contribution in [2.45, 2.75) is 121 Å². The van der Waals surface area contributed by atoms with Crippen molar-refractivity contribution < 1.29 is 9.16 Å². The fourth-order valence-corrected chi connectivity index (χ4v) is 7.40. The van der Waals surface area contributed by atoms with Crippen LogP contribution >= 0.6 is 0 Å². The number of ether oxygens (including phenoxy) is 1. The second kappa shape index (κ2) is 7.70. The van der Waals surface area contributed by atoms with Gasteiger partial charge in [0, 0.05) is 12.5 Å². The van der Waals surface area contributed by atoms with E-state index in [-0.39, 0.29) is 21.7 Å². The predicted molar refractivity (Wildman–Crippen MR) is 122 cm³/mol. The number of hydrogen-bond acceptors (Lipinski definition) is 2. The molecule has 1 fully saturated rings. The topological polar surface area (TPSA) is 18.5 Å². The van der Waals surface area contributed by atoms with Crippen molar-refractivity contribution in [2.75, 3.05) is 7.11 Å². The lowest BCUT2D eigenvalue weighted by molar-refractivity contribution is -0.114. The molecule has 0 aromatic heterocycles. The maximum absolute atomic E-state index is 7.43. The smallest absolute Gasteiger partial charge is 0.192 e. The molecule has 0 aromatic rings. The molecule has 0 aliphatic heterocycles. The van der Waals surface area contributed by atoms with Crippen molar-refractivity contribution >= 4 is 8.32 Å². The van der Waals surface area contributed by atoms with E-state index < -0.39 is 8.32 Å². The maximum Gasteiger partial charge on any atom is 0.192 e. The van der Waals surface area contributed by atoms with Crippen molar-refractivity contribution in [3.63, 3.8) is 0 Å². The predicted octanol–water partition coefficient (Wildman–Crippen LogP) is 7.56. The molecule has 2 nitrogen and oxygen atoms in total. The molecule has 3 heteroatoms. The summed E-state index contributed by atoms with van der Waals surface area (Å²) in [7, 11) is 0.0686. The molecule has 1 saturated carbocycles. The molecular formula is C25H44O2Si. The molecule has 4 aliphatic rings. The first-order valence-electron chi connectivity index (χ1n) is 11.6. The lowest BCUT2D eigenvalue weighted by Crippen LogP contribution is -2.61. The van der Waals surface area contributed by atoms with E-state index in [1.165, 1.54) is 38.5 Å². The van der Waals surface area contributed by atoms with Crippen LogP contribution in [0.25, 0.3) is 0 Å². The van der Waals surface area contributed by atoms with E-state index in [2.05, 4.69) is 59.0 Å². The van der Waals surface area contributed by atoms with Crippen LogP contribution in [0, 0.1) is 5.41 Å². The molecule has 0 N–H and O–H groups in total. The Hall–Kier alpha value is -0.383. The molecular weight excluding hydrogens is 360 g/mol. The van der Waals surface area contributed by atoms with Crippen LogP contribution in [0.1, 0.15) is 91.9 Å². The zero-order valence-electron chi connectivity index (χ0n) is 19.6. The fraction of sp³-hybridized carbons (Fsp3) is 0.840. The third kappa shape index (κ3) is 3.84. The average molecular weight is 405 g/mol. The van der Waals surface area contributed by atoms with Crippen molar-refractivity contribution in [3.05, 3.63) is 23.8 Å². The van der Waals surface area contributed by atoms with Gasteiger partial charge in [0.1, 0.15) is 0 Å². The highest BCUT2D eigenvalue weighted by atomic mass is 28.4. The van der Waals surface area contributed by atoms with Gasteiger partial charge in [-0.2, -0.15) is 0 Å². The van der Waals surface area contributed by atoms with E-state index in [4.69, 9.17) is 9.16 Å². The van der Waals surface area contributed by atoms with Crippen LogP contribution in [0.4, 0.5) is 0 Å². The molecule has 0 radical (unpaired) electrons. The summed E-state index contributed by atoms with van der Waals surface area (Å²) in [5.74, 6) is 0. The van der Waals surface area contributed by atoms with Gasteiger partial charge in [0.25, 0.3) is 0 Å². The van der Waals surface area contributed by atoms with Gasteiger partial charge in [-0.15, -0.1) is 0 Å². The Morgan fingerprint density at radius 1 is 0.929 bits per heavy atom. The zero-order chi connectivity index (χ0) is 20.7. The Bertz CT molecular complexity index is 629. The second-order valence-corrected chi connectivity index (χ2v) is 16.1. The van der Waals surface area contributed by atoms with Crippen LogP contribution in [-0.2, 0) is 9.16 Å². The van der Waals surface area contributed by atoms with E-state index in [0.717, 1.165) is 25.7 Å². The van der Waals surface area contributed by atoms with Gasteiger partial charge >= 0.3 is 0 Å². The molecule has 3 unspecified atom stereocenters. The molecule has 0 aromatic carbocycles. The van der Waals surface area contributed by atoms with Gasteiger partial charge < -0.3 is 9.16 Å². The van der Waals surface area contributed by atoms with Gasteiger partial charge in [-0.25, -0.2) is 0 Å². The molecule has 0 saturated heterocycles. The van der Waals surface area contributed by atoms with E-state index >= 15 is 0 Å². The number of rotatable bonds is 3. The standard InChI is InChI=1S/C25H44O2Si/c1-22(2,3)28(6,7)27-25-16-12-10-8-9-11-15-24(26-5)19-18-23(25,4)21(20-24)14-13-17-25/h8,10,14H,9,11-13,15-20H2,1-7H3/b10-8+. The molecule has 160 valence electrons. The van der Waals surface area contributed by atoms with Crippen molar-refractivity contribution in [3.8, 4) is 0 Å². The Labute approximate surface area is 175 Å².